The standard InChI is InChI=1S/C21H23N5O4/c1-4-30-16(27)7-5-6-12-26-20(28)17-19(25(3)21(26)29)24(2)18(23-17)15-10-8-14(13-22)9-11-15/h8-11H,4-7,12H2,1-3H3. The van der Waals surface area contributed by atoms with Crippen LogP contribution in [0.4, 0.5) is 0 Å². The third-order valence-corrected chi connectivity index (χ3v) is 4.94. The molecule has 2 heterocycles. The Morgan fingerprint density at radius 2 is 1.83 bits per heavy atom. The Hall–Kier alpha value is -3.67. The Bertz CT molecular complexity index is 1240. The molecular formula is C21H23N5O4. The molecule has 0 saturated carbocycles. The largest absolute Gasteiger partial charge is 0.466 e. The summed E-state index contributed by atoms with van der Waals surface area (Å²) >= 11 is 0. The van der Waals surface area contributed by atoms with Crippen LogP contribution in [-0.4, -0.2) is 31.3 Å². The highest BCUT2D eigenvalue weighted by Gasteiger charge is 2.19. The molecule has 0 aliphatic carbocycles. The van der Waals surface area contributed by atoms with Crippen molar-refractivity contribution in [2.45, 2.75) is 32.7 Å². The first-order valence-corrected chi connectivity index (χ1v) is 9.71. The summed E-state index contributed by atoms with van der Waals surface area (Å²) in [6.07, 6.45) is 1.26. The highest BCUT2D eigenvalue weighted by molar-refractivity contribution is 5.76. The van der Waals surface area contributed by atoms with Crippen LogP contribution in [0.1, 0.15) is 31.7 Å². The number of aromatic nitrogens is 4. The number of carbonyl (C=O) groups is 1. The number of hydrogen-bond donors (Lipinski definition) is 0. The number of nitrogens with zero attached hydrogens (tertiary/aromatic N) is 5. The number of benzene rings is 1. The molecule has 0 aliphatic rings. The van der Waals surface area contributed by atoms with E-state index in [4.69, 9.17) is 10.00 Å². The summed E-state index contributed by atoms with van der Waals surface area (Å²) in [6.45, 7) is 2.27. The molecule has 0 spiro atoms. The lowest BCUT2D eigenvalue weighted by molar-refractivity contribution is -0.143. The highest BCUT2D eigenvalue weighted by Crippen LogP contribution is 2.21. The number of rotatable bonds is 7. The Balaban J connectivity index is 1.96. The number of ether oxygens (including phenoxy) is 1. The summed E-state index contributed by atoms with van der Waals surface area (Å²) < 4.78 is 9.15. The first-order valence-electron chi connectivity index (χ1n) is 9.71. The molecule has 0 fully saturated rings. The van der Waals surface area contributed by atoms with Gasteiger partial charge in [0.2, 0.25) is 0 Å². The summed E-state index contributed by atoms with van der Waals surface area (Å²) in [7, 11) is 3.34. The summed E-state index contributed by atoms with van der Waals surface area (Å²) in [5.41, 5.74) is 0.991. The van der Waals surface area contributed by atoms with E-state index in [9.17, 15) is 14.4 Å². The summed E-state index contributed by atoms with van der Waals surface area (Å²) in [4.78, 5) is 41.7. The van der Waals surface area contributed by atoms with Gasteiger partial charge in [-0.1, -0.05) is 0 Å². The molecule has 0 aliphatic heterocycles. The summed E-state index contributed by atoms with van der Waals surface area (Å²) in [5.74, 6) is 0.242. The van der Waals surface area contributed by atoms with Gasteiger partial charge in [-0.2, -0.15) is 5.26 Å². The Labute approximate surface area is 172 Å². The SMILES string of the molecule is CCOC(=O)CCCCn1c(=O)c2nc(-c3ccc(C#N)cc3)n(C)c2n(C)c1=O. The van der Waals surface area contributed by atoms with Crippen molar-refractivity contribution in [2.24, 2.45) is 14.1 Å². The molecule has 0 bridgehead atoms. The van der Waals surface area contributed by atoms with Crippen molar-refractivity contribution in [3.05, 3.63) is 50.7 Å². The maximum Gasteiger partial charge on any atom is 0.332 e. The van der Waals surface area contributed by atoms with Crippen LogP contribution in [0.3, 0.4) is 0 Å². The number of aryl methyl sites for hydroxylation is 2. The normalized spacial score (nSPS) is 10.9. The lowest BCUT2D eigenvalue weighted by Gasteiger charge is -2.09. The van der Waals surface area contributed by atoms with Crippen LogP contribution in [0.25, 0.3) is 22.6 Å². The van der Waals surface area contributed by atoms with E-state index >= 15 is 0 Å². The predicted octanol–water partition coefficient (Wildman–Crippen LogP) is 1.71. The van der Waals surface area contributed by atoms with Gasteiger partial charge in [0, 0.05) is 32.6 Å². The van der Waals surface area contributed by atoms with Gasteiger partial charge in [-0.15, -0.1) is 0 Å². The number of hydrogen-bond acceptors (Lipinski definition) is 6. The molecule has 1 aromatic carbocycles. The zero-order valence-electron chi connectivity index (χ0n) is 17.2. The van der Waals surface area contributed by atoms with Gasteiger partial charge in [0.25, 0.3) is 5.56 Å². The van der Waals surface area contributed by atoms with Crippen LogP contribution in [-0.2, 0) is 30.2 Å². The van der Waals surface area contributed by atoms with Crippen molar-refractivity contribution in [1.82, 2.24) is 18.7 Å². The van der Waals surface area contributed by atoms with E-state index in [1.165, 1.54) is 4.57 Å². The van der Waals surface area contributed by atoms with Gasteiger partial charge in [0.1, 0.15) is 11.5 Å². The van der Waals surface area contributed by atoms with Crippen LogP contribution < -0.4 is 11.2 Å². The average Bonchev–Trinajstić information content (AvgIpc) is 3.09. The van der Waals surface area contributed by atoms with Gasteiger partial charge in [-0.25, -0.2) is 9.78 Å². The minimum Gasteiger partial charge on any atom is -0.466 e. The first kappa shape index (κ1) is 21.0. The molecule has 2 aromatic heterocycles. The second-order valence-corrected chi connectivity index (χ2v) is 6.92. The molecule has 156 valence electrons. The van der Waals surface area contributed by atoms with Gasteiger partial charge in [-0.05, 0) is 44.0 Å². The molecule has 3 aromatic rings. The molecule has 0 saturated heterocycles. The quantitative estimate of drug-likeness (QED) is 0.434. The zero-order chi connectivity index (χ0) is 21.8. The van der Waals surface area contributed by atoms with Gasteiger partial charge in [0.15, 0.2) is 5.52 Å². The Kier molecular flexibility index (Phi) is 6.16. The number of esters is 1. The van der Waals surface area contributed by atoms with Gasteiger partial charge in [0.05, 0.1) is 18.2 Å². The van der Waals surface area contributed by atoms with Crippen LogP contribution >= 0.6 is 0 Å². The lowest BCUT2D eigenvalue weighted by atomic mass is 10.1. The van der Waals surface area contributed by atoms with Crippen molar-refractivity contribution in [3.63, 3.8) is 0 Å². The fourth-order valence-electron chi connectivity index (χ4n) is 3.43. The van der Waals surface area contributed by atoms with E-state index in [0.29, 0.717) is 36.5 Å². The fourth-order valence-corrected chi connectivity index (χ4v) is 3.43. The zero-order valence-corrected chi connectivity index (χ0v) is 17.2. The van der Waals surface area contributed by atoms with Crippen molar-refractivity contribution < 1.29 is 9.53 Å². The lowest BCUT2D eigenvalue weighted by Crippen LogP contribution is -2.39. The number of carbonyl (C=O) groups excluding carboxylic acids is 1. The number of imidazole rings is 1. The molecule has 0 radical (unpaired) electrons. The highest BCUT2D eigenvalue weighted by atomic mass is 16.5. The van der Waals surface area contributed by atoms with E-state index in [1.54, 1.807) is 49.9 Å². The Morgan fingerprint density at radius 1 is 1.13 bits per heavy atom. The average molecular weight is 409 g/mol. The van der Waals surface area contributed by atoms with Crippen LogP contribution in [0, 0.1) is 11.3 Å². The minimum atomic E-state index is -0.459. The maximum atomic E-state index is 13.0. The molecule has 0 unspecified atom stereocenters. The van der Waals surface area contributed by atoms with Crippen molar-refractivity contribution in [3.8, 4) is 17.5 Å². The molecule has 3 rings (SSSR count). The number of unbranched alkanes of at least 4 members (excludes halogenated alkanes) is 1. The third kappa shape index (κ3) is 3.89. The molecule has 0 amide bonds. The van der Waals surface area contributed by atoms with E-state index in [0.717, 1.165) is 10.1 Å². The van der Waals surface area contributed by atoms with Gasteiger partial charge >= 0.3 is 11.7 Å². The van der Waals surface area contributed by atoms with Crippen LogP contribution in [0.5, 0.6) is 0 Å². The maximum absolute atomic E-state index is 13.0. The first-order chi connectivity index (χ1) is 14.4. The molecular weight excluding hydrogens is 386 g/mol. The molecule has 9 nitrogen and oxygen atoms in total. The second-order valence-electron chi connectivity index (χ2n) is 6.92. The molecule has 30 heavy (non-hydrogen) atoms. The van der Waals surface area contributed by atoms with E-state index in [-0.39, 0.29) is 24.5 Å². The predicted molar refractivity (Wildman–Crippen MR) is 111 cm³/mol. The van der Waals surface area contributed by atoms with Crippen LogP contribution in [0.2, 0.25) is 0 Å². The van der Waals surface area contributed by atoms with Gasteiger partial charge in [-0.3, -0.25) is 18.7 Å². The Morgan fingerprint density at radius 3 is 2.47 bits per heavy atom. The molecule has 0 atom stereocenters. The number of nitriles is 1. The van der Waals surface area contributed by atoms with Gasteiger partial charge < -0.3 is 9.30 Å². The summed E-state index contributed by atoms with van der Waals surface area (Å²) in [6, 6.07) is 8.93. The van der Waals surface area contributed by atoms with Crippen molar-refractivity contribution >= 4 is 17.1 Å². The van der Waals surface area contributed by atoms with Crippen molar-refractivity contribution in [2.75, 3.05) is 6.61 Å². The van der Waals surface area contributed by atoms with E-state index in [2.05, 4.69) is 11.1 Å². The fraction of sp³-hybridized carbons (Fsp3) is 0.381. The molecule has 9 heteroatoms. The van der Waals surface area contributed by atoms with E-state index < -0.39 is 11.2 Å². The topological polar surface area (TPSA) is 112 Å². The number of fused-ring (bicyclic) bond motifs is 1. The second kappa shape index (κ2) is 8.78. The summed E-state index contributed by atoms with van der Waals surface area (Å²) in [5, 5.41) is 8.97. The van der Waals surface area contributed by atoms with E-state index in [1.807, 2.05) is 0 Å². The van der Waals surface area contributed by atoms with Crippen molar-refractivity contribution in [1.29, 1.82) is 5.26 Å². The smallest absolute Gasteiger partial charge is 0.332 e. The van der Waals surface area contributed by atoms with Crippen LogP contribution in [0.15, 0.2) is 33.9 Å². The minimum absolute atomic E-state index is 0.198. The monoisotopic (exact) mass is 409 g/mol. The third-order valence-electron chi connectivity index (χ3n) is 4.94. The molecule has 0 N–H and O–H groups in total.